The molecule has 5 aromatic heterocycles. The second kappa shape index (κ2) is 28.0. The lowest BCUT2D eigenvalue weighted by atomic mass is 9.33. The highest BCUT2D eigenvalue weighted by Gasteiger charge is 2.47. The van der Waals surface area contributed by atoms with Crippen LogP contribution in [0.4, 0.5) is 34.1 Å². The van der Waals surface area contributed by atoms with Crippen LogP contribution in [0.25, 0.3) is 190 Å². The zero-order chi connectivity index (χ0) is 92.8. The van der Waals surface area contributed by atoms with Crippen LogP contribution in [0.15, 0.2) is 373 Å². The van der Waals surface area contributed by atoms with Crippen molar-refractivity contribution in [3.05, 3.63) is 386 Å². The molecule has 2 aliphatic heterocycles. The Kier molecular flexibility index (Phi) is 14.3. The standard InChI is InChI=1S/C118H84BN3O2S2/c1-69-50-55-96-88(58-69)89-59-70(2)51-56-97(89)120(96)79-53-54-94-101(68-79)122(116-90(80-36-23-44-104-110(80)84-32-15-19-42-102(84)123-104)64-77(117(3,4)5)65-91(116)81-37-24-45-105-111(81)85-33-16-20-43-103(85)124-105)100-41-27-40-99-114(100)119(94)95-63-73(76-61-74(71-28-11-9-12-29-71)60-75(62-76)72-30-13-10-14-31-72)52-57-98(95)121(99)115-92(82-38-25-48-108-112(82)86-34-17-21-46-106(86)125-108)66-78(118(6,7)8)67-93(115)83-39-26-49-109-113(83)87-35-18-22-47-107(87)126-109/h9-68H,1-8H3/i1D3,2D3,17D,21D,34D,46D. The van der Waals surface area contributed by atoms with Crippen LogP contribution in [0, 0.1) is 13.7 Å². The molecule has 7 heterocycles. The number of hydrogen-bond acceptors (Lipinski definition) is 6. The second-order valence-corrected chi connectivity index (χ2v) is 38.0. The smallest absolute Gasteiger partial charge is 0.252 e. The van der Waals surface area contributed by atoms with Crippen molar-refractivity contribution < 1.29 is 22.5 Å². The number of thiophene rings is 2. The fourth-order valence-corrected chi connectivity index (χ4v) is 22.8. The van der Waals surface area contributed by atoms with Crippen LogP contribution in [0.5, 0.6) is 0 Å². The fourth-order valence-electron chi connectivity index (χ4n) is 20.6. The largest absolute Gasteiger partial charge is 0.456 e. The molecule has 8 heteroatoms. The zero-order valence-electron chi connectivity index (χ0n) is 79.9. The van der Waals surface area contributed by atoms with Gasteiger partial charge in [-0.3, -0.25) is 0 Å². The van der Waals surface area contributed by atoms with Crippen LogP contribution in [0.3, 0.4) is 0 Å². The van der Waals surface area contributed by atoms with E-state index in [1.54, 1.807) is 35.6 Å². The molecule has 0 spiro atoms. The highest BCUT2D eigenvalue weighted by Crippen LogP contribution is 2.59. The minimum absolute atomic E-state index is 0.0818. The molecule has 0 N–H and O–H groups in total. The van der Waals surface area contributed by atoms with Gasteiger partial charge < -0.3 is 23.2 Å². The van der Waals surface area contributed by atoms with Crippen molar-refractivity contribution in [3.8, 4) is 83.6 Å². The number of para-hydroxylation sites is 2. The summed E-state index contributed by atoms with van der Waals surface area (Å²) in [4.78, 5) is 5.09. The Bertz CT molecular complexity index is 8820. The Morgan fingerprint density at radius 1 is 0.302 bits per heavy atom. The van der Waals surface area contributed by atoms with Gasteiger partial charge in [0.2, 0.25) is 0 Å². The van der Waals surface area contributed by atoms with E-state index in [0.29, 0.717) is 31.9 Å². The summed E-state index contributed by atoms with van der Waals surface area (Å²) in [5.41, 5.74) is 28.1. The van der Waals surface area contributed by atoms with Gasteiger partial charge in [-0.1, -0.05) is 271 Å². The van der Waals surface area contributed by atoms with Gasteiger partial charge in [0, 0.05) is 132 Å². The van der Waals surface area contributed by atoms with E-state index in [1.165, 1.54) is 11.3 Å². The number of furan rings is 2. The molecule has 2 aliphatic rings. The molecule has 0 saturated heterocycles. The predicted octanol–water partition coefficient (Wildman–Crippen LogP) is 32.3. The summed E-state index contributed by atoms with van der Waals surface area (Å²) in [5.74, 6) is 0. The molecule has 598 valence electrons. The van der Waals surface area contributed by atoms with Gasteiger partial charge in [-0.15, -0.1) is 22.7 Å². The van der Waals surface area contributed by atoms with Crippen LogP contribution in [-0.4, -0.2) is 11.3 Å². The third-order valence-corrected chi connectivity index (χ3v) is 28.6. The predicted molar refractivity (Wildman–Crippen MR) is 540 cm³/mol. The minimum atomic E-state index is -2.50. The number of aryl methyl sites for hydroxylation is 2. The first-order chi connectivity index (χ1) is 65.6. The van der Waals surface area contributed by atoms with Crippen molar-refractivity contribution in [1.29, 1.82) is 0 Å². The molecule has 0 aliphatic carbocycles. The van der Waals surface area contributed by atoms with Gasteiger partial charge in [0.15, 0.2) is 0 Å². The van der Waals surface area contributed by atoms with Crippen LogP contribution >= 0.6 is 22.7 Å². The van der Waals surface area contributed by atoms with Crippen molar-refractivity contribution in [3.63, 3.8) is 0 Å². The molecule has 23 aromatic rings. The summed E-state index contributed by atoms with van der Waals surface area (Å²) < 4.78 is 111. The maximum absolute atomic E-state index is 10.1. The summed E-state index contributed by atoms with van der Waals surface area (Å²) >= 11 is 3.17. The first-order valence-electron chi connectivity index (χ1n) is 48.0. The van der Waals surface area contributed by atoms with Gasteiger partial charge in [-0.25, -0.2) is 0 Å². The highest BCUT2D eigenvalue weighted by molar-refractivity contribution is 7.26. The number of anilines is 6. The Morgan fingerprint density at radius 2 is 0.754 bits per heavy atom. The molecule has 0 unspecified atom stereocenters. The molecule has 0 atom stereocenters. The van der Waals surface area contributed by atoms with Crippen molar-refractivity contribution in [2.75, 3.05) is 9.80 Å². The Balaban J connectivity index is 0.879. The third-order valence-electron chi connectivity index (χ3n) is 26.4. The molecule has 18 aromatic carbocycles. The van der Waals surface area contributed by atoms with E-state index in [1.807, 2.05) is 36.4 Å². The van der Waals surface area contributed by atoms with Crippen LogP contribution in [-0.2, 0) is 10.8 Å². The summed E-state index contributed by atoms with van der Waals surface area (Å²) in [6.07, 6.45) is 0. The molecule has 126 heavy (non-hydrogen) atoms. The third kappa shape index (κ3) is 11.4. The van der Waals surface area contributed by atoms with Crippen LogP contribution in [0.2, 0.25) is 0 Å². The van der Waals surface area contributed by atoms with Gasteiger partial charge in [-0.05, 0) is 253 Å². The fraction of sp³-hybridized carbons (Fsp3) is 0.0847. The topological polar surface area (TPSA) is 37.7 Å². The molecule has 0 radical (unpaired) electrons. The SMILES string of the molecule is [2H]c1c([2H])c([2H])c2c(sc3cccc(-c4cc(C(C)(C)C)cc(-c5cccc6sc7ccccc7c56)c4N4c5ccc(-c6cc(-c7ccccc7)cc(-c7ccccc7)c6)cc5B5c6ccc(-n7c8ccc(C([2H])([2H])[2H])cc8c8cc(C([2H])([2H])[2H])ccc87)cc6N(c6c(-c7cccc8oc9ccccc9c78)cc(C(C)(C)C)cc6-c6cccc7oc8ccccc8c67)c6cccc4c65)c32)c1[2H]. The monoisotopic (exact) mass is 1660 g/mol. The number of aromatic nitrogens is 1. The zero-order valence-corrected chi connectivity index (χ0v) is 71.5. The Labute approximate surface area is 753 Å². The van der Waals surface area contributed by atoms with E-state index in [0.717, 1.165) is 219 Å². The molecule has 0 amide bonds. The lowest BCUT2D eigenvalue weighted by Crippen LogP contribution is -2.61. The molecule has 0 saturated carbocycles. The number of benzene rings is 18. The van der Waals surface area contributed by atoms with E-state index in [9.17, 15) is 5.48 Å². The Hall–Kier alpha value is -14.5. The maximum atomic E-state index is 10.1. The van der Waals surface area contributed by atoms with Gasteiger partial charge in [0.05, 0.1) is 27.9 Å². The van der Waals surface area contributed by atoms with Gasteiger partial charge in [0.1, 0.15) is 22.3 Å². The summed E-state index contributed by atoms with van der Waals surface area (Å²) in [7, 11) is 0. The minimum Gasteiger partial charge on any atom is -0.456 e. The summed E-state index contributed by atoms with van der Waals surface area (Å²) in [6.45, 7) is 8.06. The molecule has 0 fully saturated rings. The lowest BCUT2D eigenvalue weighted by molar-refractivity contribution is 0.590. The van der Waals surface area contributed by atoms with Gasteiger partial charge in [-0.2, -0.15) is 0 Å². The van der Waals surface area contributed by atoms with Crippen molar-refractivity contribution in [2.45, 2.75) is 66.1 Å². The van der Waals surface area contributed by atoms with E-state index < -0.39 is 31.2 Å². The normalized spacial score (nSPS) is 14.2. The molecule has 25 rings (SSSR count). The van der Waals surface area contributed by atoms with Gasteiger partial charge in [0.25, 0.3) is 6.71 Å². The summed E-state index contributed by atoms with van der Waals surface area (Å²) in [6, 6.07) is 119. The van der Waals surface area contributed by atoms with Crippen molar-refractivity contribution >= 4 is 186 Å². The number of rotatable bonds is 10. The first-order valence-corrected chi connectivity index (χ1v) is 44.7. The Morgan fingerprint density at radius 3 is 1.30 bits per heavy atom. The molecular formula is C118H84BN3O2S2. The van der Waals surface area contributed by atoms with Gasteiger partial charge >= 0.3 is 0 Å². The number of fused-ring (bicyclic) bond motifs is 19. The van der Waals surface area contributed by atoms with Crippen molar-refractivity contribution in [1.82, 2.24) is 4.57 Å². The average Bonchev–Trinajstić information content (AvgIpc) is 0.866. The van der Waals surface area contributed by atoms with E-state index >= 15 is 0 Å². The van der Waals surface area contributed by atoms with E-state index in [2.05, 4.69) is 335 Å². The first kappa shape index (κ1) is 64.3. The number of nitrogens with zero attached hydrogens (tertiary/aromatic N) is 3. The number of hydrogen-bond donors (Lipinski definition) is 0. The van der Waals surface area contributed by atoms with E-state index in [-0.39, 0.29) is 35.3 Å². The highest BCUT2D eigenvalue weighted by atomic mass is 32.1. The van der Waals surface area contributed by atoms with Crippen molar-refractivity contribution in [2.24, 2.45) is 0 Å². The second-order valence-electron chi connectivity index (χ2n) is 35.8. The molecular weight excluding hydrogens is 1570 g/mol. The molecule has 0 bridgehead atoms. The lowest BCUT2D eigenvalue weighted by Gasteiger charge is -2.46. The van der Waals surface area contributed by atoms with E-state index in [4.69, 9.17) is 17.1 Å². The maximum Gasteiger partial charge on any atom is 0.252 e. The quantitative estimate of drug-likeness (QED) is 0.128. The summed E-state index contributed by atoms with van der Waals surface area (Å²) in [5, 5.41) is 8.39. The van der Waals surface area contributed by atoms with Crippen LogP contribution in [0.1, 0.15) is 77.5 Å². The average molecular weight is 1660 g/mol. The molecule has 5 nitrogen and oxygen atoms in total. The van der Waals surface area contributed by atoms with Crippen LogP contribution < -0.4 is 26.2 Å².